The molecule has 4 aromatic rings. The molecule has 0 fully saturated rings. The zero-order chi connectivity index (χ0) is 18.3. The third kappa shape index (κ3) is 2.88. The molecule has 0 aliphatic carbocycles. The minimum absolute atomic E-state index is 0.0700. The Bertz CT molecular complexity index is 1150. The fourth-order valence-corrected chi connectivity index (χ4v) is 3.19. The minimum Gasteiger partial charge on any atom is -0.507 e. The molecule has 0 bridgehead atoms. The Kier molecular flexibility index (Phi) is 4.05. The SMILES string of the molecule is Cc1ccccc1-c1cc2ncc(C(=O)c3cc(Br)ccc3O)cn2n1. The molecule has 1 N–H and O–H groups in total. The van der Waals surface area contributed by atoms with Gasteiger partial charge in [-0.3, -0.25) is 4.79 Å². The molecule has 0 amide bonds. The van der Waals surface area contributed by atoms with E-state index >= 15 is 0 Å². The number of aromatic hydroxyl groups is 1. The molecule has 6 heteroatoms. The molecule has 0 aliphatic heterocycles. The molecule has 0 saturated heterocycles. The second-order valence-electron chi connectivity index (χ2n) is 5.98. The van der Waals surface area contributed by atoms with Crippen molar-refractivity contribution in [1.29, 1.82) is 0 Å². The highest BCUT2D eigenvalue weighted by molar-refractivity contribution is 9.10. The molecule has 0 unspecified atom stereocenters. The number of halogens is 1. The molecule has 2 aromatic heterocycles. The van der Waals surface area contributed by atoms with Crippen molar-refractivity contribution in [1.82, 2.24) is 14.6 Å². The Hall–Kier alpha value is -2.99. The normalized spacial score (nSPS) is 11.0. The molecular formula is C20H14BrN3O2. The summed E-state index contributed by atoms with van der Waals surface area (Å²) in [6.45, 7) is 2.03. The number of fused-ring (bicyclic) bond motifs is 1. The Morgan fingerprint density at radius 1 is 1.15 bits per heavy atom. The fourth-order valence-electron chi connectivity index (χ4n) is 2.83. The molecule has 2 aromatic carbocycles. The molecule has 0 aliphatic rings. The van der Waals surface area contributed by atoms with Crippen molar-refractivity contribution in [3.8, 4) is 17.0 Å². The van der Waals surface area contributed by atoms with Gasteiger partial charge in [-0.1, -0.05) is 40.2 Å². The smallest absolute Gasteiger partial charge is 0.199 e. The summed E-state index contributed by atoms with van der Waals surface area (Å²) in [4.78, 5) is 17.1. The van der Waals surface area contributed by atoms with Crippen LogP contribution >= 0.6 is 15.9 Å². The number of nitrogens with zero attached hydrogens (tertiary/aromatic N) is 3. The van der Waals surface area contributed by atoms with E-state index in [4.69, 9.17) is 0 Å². The topological polar surface area (TPSA) is 67.5 Å². The standard InChI is InChI=1S/C20H14BrN3O2/c1-12-4-2-3-5-15(12)17-9-19-22-10-13(11-24(19)23-17)20(26)16-8-14(21)6-7-18(16)25/h2-11,25H,1H3. The predicted octanol–water partition coefficient (Wildman–Crippen LogP) is 4.40. The second-order valence-corrected chi connectivity index (χ2v) is 6.90. The van der Waals surface area contributed by atoms with E-state index in [0.717, 1.165) is 16.8 Å². The van der Waals surface area contributed by atoms with E-state index < -0.39 is 0 Å². The molecule has 0 saturated carbocycles. The maximum Gasteiger partial charge on any atom is 0.199 e. The van der Waals surface area contributed by atoms with E-state index in [0.29, 0.717) is 15.7 Å². The van der Waals surface area contributed by atoms with Gasteiger partial charge in [0.05, 0.1) is 16.8 Å². The number of aryl methyl sites for hydroxylation is 1. The molecule has 0 spiro atoms. The quantitative estimate of drug-likeness (QED) is 0.510. The Labute approximate surface area is 158 Å². The van der Waals surface area contributed by atoms with Crippen molar-refractivity contribution in [3.05, 3.63) is 82.1 Å². The number of carbonyl (C=O) groups excluding carboxylic acids is 1. The van der Waals surface area contributed by atoms with Crippen LogP contribution in [-0.2, 0) is 0 Å². The number of benzene rings is 2. The first-order chi connectivity index (χ1) is 12.5. The Balaban J connectivity index is 1.78. The molecule has 0 radical (unpaired) electrons. The van der Waals surface area contributed by atoms with E-state index in [1.54, 1.807) is 22.8 Å². The van der Waals surface area contributed by atoms with Crippen molar-refractivity contribution in [2.75, 3.05) is 0 Å². The van der Waals surface area contributed by atoms with Crippen LogP contribution < -0.4 is 0 Å². The summed E-state index contributed by atoms with van der Waals surface area (Å²) in [6, 6.07) is 14.6. The molecule has 4 rings (SSSR count). The average molecular weight is 408 g/mol. The number of hydrogen-bond acceptors (Lipinski definition) is 4. The summed E-state index contributed by atoms with van der Waals surface area (Å²) in [5.41, 5.74) is 4.16. The van der Waals surface area contributed by atoms with Gasteiger partial charge in [0.25, 0.3) is 0 Å². The van der Waals surface area contributed by atoms with Gasteiger partial charge in [0.15, 0.2) is 11.4 Å². The summed E-state index contributed by atoms with van der Waals surface area (Å²) in [7, 11) is 0. The van der Waals surface area contributed by atoms with Gasteiger partial charge in [0.2, 0.25) is 0 Å². The molecule has 0 atom stereocenters. The monoisotopic (exact) mass is 407 g/mol. The van der Waals surface area contributed by atoms with Gasteiger partial charge < -0.3 is 5.11 Å². The largest absolute Gasteiger partial charge is 0.507 e. The minimum atomic E-state index is -0.314. The number of phenolic OH excluding ortho intramolecular Hbond substituents is 1. The van der Waals surface area contributed by atoms with Gasteiger partial charge in [-0.2, -0.15) is 5.10 Å². The van der Waals surface area contributed by atoms with Crippen molar-refractivity contribution >= 4 is 27.4 Å². The maximum absolute atomic E-state index is 12.7. The number of hydrogen-bond donors (Lipinski definition) is 1. The van der Waals surface area contributed by atoms with Crippen LogP contribution in [0.25, 0.3) is 16.9 Å². The van der Waals surface area contributed by atoms with Gasteiger partial charge in [0, 0.05) is 28.5 Å². The number of ketones is 1. The lowest BCUT2D eigenvalue weighted by atomic mass is 10.1. The lowest BCUT2D eigenvalue weighted by molar-refractivity contribution is 0.103. The Morgan fingerprint density at radius 3 is 2.77 bits per heavy atom. The van der Waals surface area contributed by atoms with Gasteiger partial charge in [-0.05, 0) is 30.7 Å². The summed E-state index contributed by atoms with van der Waals surface area (Å²) in [5.74, 6) is -0.384. The van der Waals surface area contributed by atoms with Crippen LogP contribution in [0.3, 0.4) is 0 Å². The highest BCUT2D eigenvalue weighted by Crippen LogP contribution is 2.26. The first-order valence-corrected chi connectivity index (χ1v) is 8.77. The van der Waals surface area contributed by atoms with Gasteiger partial charge >= 0.3 is 0 Å². The zero-order valence-electron chi connectivity index (χ0n) is 13.8. The lowest BCUT2D eigenvalue weighted by Crippen LogP contribution is -2.05. The molecule has 26 heavy (non-hydrogen) atoms. The van der Waals surface area contributed by atoms with Crippen LogP contribution in [-0.4, -0.2) is 25.5 Å². The fraction of sp³-hybridized carbons (Fsp3) is 0.0500. The Morgan fingerprint density at radius 2 is 1.96 bits per heavy atom. The van der Waals surface area contributed by atoms with E-state index in [1.165, 1.54) is 12.3 Å². The van der Waals surface area contributed by atoms with Crippen LogP contribution in [0.15, 0.2) is 65.4 Å². The molecule has 2 heterocycles. The van der Waals surface area contributed by atoms with Crippen molar-refractivity contribution in [2.24, 2.45) is 0 Å². The van der Waals surface area contributed by atoms with Crippen LogP contribution in [0.1, 0.15) is 21.5 Å². The van der Waals surface area contributed by atoms with E-state index in [1.807, 2.05) is 37.3 Å². The third-order valence-corrected chi connectivity index (χ3v) is 4.69. The number of phenols is 1. The van der Waals surface area contributed by atoms with Crippen molar-refractivity contribution in [3.63, 3.8) is 0 Å². The average Bonchev–Trinajstić information content (AvgIpc) is 3.06. The third-order valence-electron chi connectivity index (χ3n) is 4.20. The molecular weight excluding hydrogens is 394 g/mol. The molecule has 5 nitrogen and oxygen atoms in total. The molecule has 128 valence electrons. The maximum atomic E-state index is 12.7. The number of rotatable bonds is 3. The van der Waals surface area contributed by atoms with E-state index in [2.05, 4.69) is 26.0 Å². The van der Waals surface area contributed by atoms with Gasteiger partial charge in [-0.15, -0.1) is 0 Å². The van der Waals surface area contributed by atoms with E-state index in [-0.39, 0.29) is 17.1 Å². The summed E-state index contributed by atoms with van der Waals surface area (Å²) >= 11 is 3.32. The first-order valence-electron chi connectivity index (χ1n) is 7.97. The lowest BCUT2D eigenvalue weighted by Gasteiger charge is -2.05. The number of carbonyl (C=O) groups is 1. The predicted molar refractivity (Wildman–Crippen MR) is 102 cm³/mol. The van der Waals surface area contributed by atoms with Crippen LogP contribution in [0.2, 0.25) is 0 Å². The second kappa shape index (κ2) is 6.38. The van der Waals surface area contributed by atoms with Crippen LogP contribution in [0.5, 0.6) is 5.75 Å². The van der Waals surface area contributed by atoms with Crippen LogP contribution in [0, 0.1) is 6.92 Å². The van der Waals surface area contributed by atoms with Crippen molar-refractivity contribution in [2.45, 2.75) is 6.92 Å². The first kappa shape index (κ1) is 16.5. The van der Waals surface area contributed by atoms with E-state index in [9.17, 15) is 9.90 Å². The highest BCUT2D eigenvalue weighted by Gasteiger charge is 2.16. The number of aromatic nitrogens is 3. The van der Waals surface area contributed by atoms with Crippen molar-refractivity contribution < 1.29 is 9.90 Å². The van der Waals surface area contributed by atoms with Gasteiger partial charge in [0.1, 0.15) is 5.75 Å². The van der Waals surface area contributed by atoms with Crippen LogP contribution in [0.4, 0.5) is 0 Å². The zero-order valence-corrected chi connectivity index (χ0v) is 15.4. The summed E-state index contributed by atoms with van der Waals surface area (Å²) in [6.07, 6.45) is 3.13. The van der Waals surface area contributed by atoms with Gasteiger partial charge in [-0.25, -0.2) is 9.50 Å². The summed E-state index contributed by atoms with van der Waals surface area (Å²) < 4.78 is 2.30. The highest BCUT2D eigenvalue weighted by atomic mass is 79.9. The summed E-state index contributed by atoms with van der Waals surface area (Å²) in [5, 5.41) is 14.5.